The highest BCUT2D eigenvalue weighted by Gasteiger charge is 2.52. The van der Waals surface area contributed by atoms with E-state index >= 15 is 0 Å². The Kier molecular flexibility index (Phi) is 4.00. The Labute approximate surface area is 134 Å². The molecule has 1 aliphatic rings. The fourth-order valence-corrected chi connectivity index (χ4v) is 2.99. The van der Waals surface area contributed by atoms with Crippen LogP contribution in [0.3, 0.4) is 0 Å². The Balaban J connectivity index is 2.52. The Bertz CT molecular complexity index is 557. The number of carbonyl (C=O) groups excluding carboxylic acids is 2. The standard InChI is InChI=1S/C12H10BrCl2N3O2/c1-3-8-4-6-9(7-5-8)12(2)17(13)10(19)16(14)11(20)18(12)15/h3-7H,1H2,2H3. The Morgan fingerprint density at radius 3 is 2.25 bits per heavy atom. The van der Waals surface area contributed by atoms with Gasteiger partial charge in [-0.25, -0.2) is 17.9 Å². The molecular formula is C12H10BrCl2N3O2. The summed E-state index contributed by atoms with van der Waals surface area (Å²) in [5, 5.41) is 0. The van der Waals surface area contributed by atoms with Gasteiger partial charge in [0.15, 0.2) is 5.66 Å². The second kappa shape index (κ2) is 5.27. The lowest BCUT2D eigenvalue weighted by atomic mass is 9.99. The maximum absolute atomic E-state index is 11.9. The summed E-state index contributed by atoms with van der Waals surface area (Å²) >= 11 is 14.8. The highest BCUT2D eigenvalue weighted by atomic mass is 79.9. The number of nitrogens with zero attached hydrogens (tertiary/aromatic N) is 3. The molecular weight excluding hydrogens is 369 g/mol. The largest absolute Gasteiger partial charge is 0.360 e. The molecule has 2 rings (SSSR count). The van der Waals surface area contributed by atoms with Crippen LogP contribution in [0.1, 0.15) is 18.1 Å². The molecule has 0 spiro atoms. The molecule has 0 radical (unpaired) electrons. The Hall–Kier alpha value is -1.24. The van der Waals surface area contributed by atoms with Crippen molar-refractivity contribution in [3.05, 3.63) is 42.0 Å². The van der Waals surface area contributed by atoms with Crippen molar-refractivity contribution in [2.45, 2.75) is 12.6 Å². The topological polar surface area (TPSA) is 43.9 Å². The molecule has 1 atom stereocenters. The first kappa shape index (κ1) is 15.2. The third-order valence-electron chi connectivity index (χ3n) is 3.13. The van der Waals surface area contributed by atoms with Gasteiger partial charge < -0.3 is 0 Å². The molecule has 1 aromatic rings. The summed E-state index contributed by atoms with van der Waals surface area (Å²) in [5.41, 5.74) is 0.342. The first-order valence-electron chi connectivity index (χ1n) is 5.53. The normalized spacial score (nSPS) is 23.3. The molecule has 4 amide bonds. The van der Waals surface area contributed by atoms with E-state index in [1.807, 2.05) is 0 Å². The van der Waals surface area contributed by atoms with Crippen LogP contribution in [0, 0.1) is 0 Å². The molecule has 0 aromatic heterocycles. The van der Waals surface area contributed by atoms with Crippen LogP contribution in [0.25, 0.3) is 6.08 Å². The summed E-state index contributed by atoms with van der Waals surface area (Å²) in [6.45, 7) is 5.29. The molecule has 0 aliphatic carbocycles. The third-order valence-corrected chi connectivity index (χ3v) is 4.89. The fourth-order valence-electron chi connectivity index (χ4n) is 1.85. The summed E-state index contributed by atoms with van der Waals surface area (Å²) in [6.07, 6.45) is 1.69. The maximum Gasteiger partial charge on any atom is 0.360 e. The molecule has 20 heavy (non-hydrogen) atoms. The van der Waals surface area contributed by atoms with E-state index < -0.39 is 17.7 Å². The number of carbonyl (C=O) groups is 2. The van der Waals surface area contributed by atoms with Gasteiger partial charge in [0, 0.05) is 29.1 Å². The molecule has 5 nitrogen and oxygen atoms in total. The van der Waals surface area contributed by atoms with Gasteiger partial charge in [-0.05, 0) is 12.5 Å². The zero-order valence-corrected chi connectivity index (χ0v) is 13.5. The van der Waals surface area contributed by atoms with E-state index in [0.29, 0.717) is 9.98 Å². The summed E-state index contributed by atoms with van der Waals surface area (Å²) in [7, 11) is 0. The number of imide groups is 1. The van der Waals surface area contributed by atoms with Gasteiger partial charge in [0.25, 0.3) is 0 Å². The monoisotopic (exact) mass is 377 g/mol. The number of hydrogen-bond donors (Lipinski definition) is 0. The van der Waals surface area contributed by atoms with Gasteiger partial charge in [-0.2, -0.15) is 0 Å². The van der Waals surface area contributed by atoms with E-state index in [-0.39, 0.29) is 0 Å². The molecule has 1 heterocycles. The Morgan fingerprint density at radius 1 is 1.20 bits per heavy atom. The Morgan fingerprint density at radius 2 is 1.75 bits per heavy atom. The number of amides is 4. The van der Waals surface area contributed by atoms with E-state index in [1.54, 1.807) is 37.3 Å². The lowest BCUT2D eigenvalue weighted by molar-refractivity contribution is 0.0773. The summed E-state index contributed by atoms with van der Waals surface area (Å²) < 4.78 is 2.38. The van der Waals surface area contributed by atoms with Crippen molar-refractivity contribution in [3.8, 4) is 0 Å². The summed E-state index contributed by atoms with van der Waals surface area (Å²) in [5.74, 6) is 0. The third kappa shape index (κ3) is 2.08. The predicted octanol–water partition coefficient (Wildman–Crippen LogP) is 4.28. The first-order valence-corrected chi connectivity index (χ1v) is 6.91. The van der Waals surface area contributed by atoms with Crippen LogP contribution in [0.4, 0.5) is 9.59 Å². The van der Waals surface area contributed by atoms with E-state index in [1.165, 1.54) is 0 Å². The predicted molar refractivity (Wildman–Crippen MR) is 80.8 cm³/mol. The molecule has 1 unspecified atom stereocenters. The summed E-state index contributed by atoms with van der Waals surface area (Å²) in [6, 6.07) is 5.59. The second-order valence-corrected chi connectivity index (χ2v) is 5.64. The summed E-state index contributed by atoms with van der Waals surface area (Å²) in [4.78, 5) is 23.8. The van der Waals surface area contributed by atoms with Crippen LogP contribution in [-0.4, -0.2) is 24.8 Å². The van der Waals surface area contributed by atoms with E-state index in [9.17, 15) is 9.59 Å². The van der Waals surface area contributed by atoms with Crippen molar-refractivity contribution in [1.29, 1.82) is 0 Å². The highest BCUT2D eigenvalue weighted by Crippen LogP contribution is 2.41. The van der Waals surface area contributed by atoms with Gasteiger partial charge in [0.2, 0.25) is 0 Å². The minimum absolute atomic E-state index is 0.404. The number of rotatable bonds is 2. The minimum Gasteiger partial charge on any atom is -0.245 e. The molecule has 8 heteroatoms. The van der Waals surface area contributed by atoms with Crippen molar-refractivity contribution < 1.29 is 9.59 Å². The van der Waals surface area contributed by atoms with E-state index in [2.05, 4.69) is 22.7 Å². The van der Waals surface area contributed by atoms with E-state index in [4.69, 9.17) is 23.6 Å². The van der Waals surface area contributed by atoms with Crippen LogP contribution in [0.15, 0.2) is 30.8 Å². The molecule has 1 fully saturated rings. The van der Waals surface area contributed by atoms with Gasteiger partial charge in [0.05, 0.1) is 16.1 Å². The van der Waals surface area contributed by atoms with Crippen LogP contribution in [0.5, 0.6) is 0 Å². The number of urea groups is 2. The number of benzene rings is 1. The second-order valence-electron chi connectivity index (χ2n) is 4.25. The fraction of sp³-hybridized carbons (Fsp3) is 0.167. The van der Waals surface area contributed by atoms with Crippen LogP contribution in [0.2, 0.25) is 0 Å². The van der Waals surface area contributed by atoms with Gasteiger partial charge >= 0.3 is 12.1 Å². The van der Waals surface area contributed by atoms with Crippen LogP contribution < -0.4 is 0 Å². The molecule has 106 valence electrons. The molecule has 1 aromatic carbocycles. The molecule has 0 bridgehead atoms. The smallest absolute Gasteiger partial charge is 0.245 e. The van der Waals surface area contributed by atoms with Crippen molar-refractivity contribution in [1.82, 2.24) is 12.8 Å². The lowest BCUT2D eigenvalue weighted by Gasteiger charge is -2.46. The van der Waals surface area contributed by atoms with E-state index in [0.717, 1.165) is 13.9 Å². The average molecular weight is 379 g/mol. The van der Waals surface area contributed by atoms with Crippen molar-refractivity contribution in [2.75, 3.05) is 0 Å². The van der Waals surface area contributed by atoms with Gasteiger partial charge in [0.1, 0.15) is 0 Å². The quantitative estimate of drug-likeness (QED) is 0.721. The van der Waals surface area contributed by atoms with Crippen LogP contribution >= 0.6 is 39.7 Å². The number of halogens is 3. The highest BCUT2D eigenvalue weighted by molar-refractivity contribution is 9.07. The van der Waals surface area contributed by atoms with Crippen molar-refractivity contribution in [3.63, 3.8) is 0 Å². The molecule has 1 saturated heterocycles. The first-order chi connectivity index (χ1) is 9.33. The molecule has 0 saturated carbocycles. The zero-order chi connectivity index (χ0) is 15.1. The SMILES string of the molecule is C=Cc1ccc(C2(C)N(Cl)C(=O)N(Cl)C(=O)N2Br)cc1. The van der Waals surface area contributed by atoms with Crippen LogP contribution in [-0.2, 0) is 5.66 Å². The van der Waals surface area contributed by atoms with Gasteiger partial charge in [-0.15, -0.1) is 4.42 Å². The van der Waals surface area contributed by atoms with Crippen molar-refractivity contribution >= 4 is 57.8 Å². The molecule has 1 aliphatic heterocycles. The minimum atomic E-state index is -1.21. The zero-order valence-electron chi connectivity index (χ0n) is 10.4. The van der Waals surface area contributed by atoms with Gasteiger partial charge in [-0.1, -0.05) is 36.9 Å². The number of hydrogen-bond acceptors (Lipinski definition) is 2. The maximum atomic E-state index is 11.9. The molecule has 0 N–H and O–H groups in total. The lowest BCUT2D eigenvalue weighted by Crippen LogP contribution is -2.62. The van der Waals surface area contributed by atoms with Crippen molar-refractivity contribution in [2.24, 2.45) is 0 Å². The van der Waals surface area contributed by atoms with Gasteiger partial charge in [-0.3, -0.25) is 0 Å². The average Bonchev–Trinajstić information content (AvgIpc) is 2.49.